The lowest BCUT2D eigenvalue weighted by Crippen LogP contribution is -2.48. The third-order valence-corrected chi connectivity index (χ3v) is 7.76. The molecule has 2 aromatic heterocycles. The number of piperidine rings is 1. The molecular formula is C26H31N7O3S2. The highest BCUT2D eigenvalue weighted by Gasteiger charge is 2.38. The maximum absolute atomic E-state index is 12.3. The number of carbonyl (C=O) groups excluding carboxylic acids is 2. The molecule has 0 unspecified atom stereocenters. The van der Waals surface area contributed by atoms with E-state index in [2.05, 4.69) is 25.6 Å². The van der Waals surface area contributed by atoms with Gasteiger partial charge < -0.3 is 20.7 Å². The Morgan fingerprint density at radius 1 is 1.26 bits per heavy atom. The molecular weight excluding hydrogens is 522 g/mol. The molecule has 0 saturated carbocycles. The van der Waals surface area contributed by atoms with Gasteiger partial charge in [-0.1, -0.05) is 29.6 Å². The van der Waals surface area contributed by atoms with Crippen molar-refractivity contribution in [1.82, 2.24) is 20.2 Å². The fourth-order valence-electron chi connectivity index (χ4n) is 4.20. The van der Waals surface area contributed by atoms with Crippen LogP contribution in [0.3, 0.4) is 0 Å². The minimum atomic E-state index is -0.527. The van der Waals surface area contributed by atoms with Gasteiger partial charge in [-0.3, -0.25) is 15.1 Å². The van der Waals surface area contributed by atoms with Crippen LogP contribution in [0.4, 0.5) is 9.93 Å². The Morgan fingerprint density at radius 3 is 2.68 bits per heavy atom. The molecule has 3 heterocycles. The second-order valence-corrected chi connectivity index (χ2v) is 10.5. The zero-order chi connectivity index (χ0) is 27.3. The van der Waals surface area contributed by atoms with E-state index in [9.17, 15) is 9.59 Å². The molecule has 200 valence electrons. The molecule has 2 amide bonds. The van der Waals surface area contributed by atoms with Gasteiger partial charge in [0.15, 0.2) is 11.1 Å². The van der Waals surface area contributed by atoms with Crippen LogP contribution < -0.4 is 16.4 Å². The summed E-state index contributed by atoms with van der Waals surface area (Å²) in [5, 5.41) is 5.95. The number of esters is 1. The van der Waals surface area contributed by atoms with E-state index >= 15 is 0 Å². The summed E-state index contributed by atoms with van der Waals surface area (Å²) in [6, 6.07) is 9.11. The van der Waals surface area contributed by atoms with Crippen LogP contribution in [-0.4, -0.2) is 64.1 Å². The Balaban J connectivity index is 1.60. The summed E-state index contributed by atoms with van der Waals surface area (Å²) in [5.41, 5.74) is 8.74. The first kappa shape index (κ1) is 27.4. The third-order valence-electron chi connectivity index (χ3n) is 6.41. The number of fused-ring (bicyclic) bond motifs is 1. The Morgan fingerprint density at radius 2 is 2.03 bits per heavy atom. The number of amides is 2. The molecule has 1 aromatic carbocycles. The summed E-state index contributed by atoms with van der Waals surface area (Å²) in [6.45, 7) is 7.61. The molecule has 1 aliphatic rings. The highest BCUT2D eigenvalue weighted by Crippen LogP contribution is 2.36. The number of hydrogen-bond donors (Lipinski definition) is 3. The standard InChI is InChI=1S/C26H31N7O3S2/c1-4-28-24(35)32-25-30-19-15-16(14-17(20(19)38-25)18-8-6-7-11-29-18)21(37)31-23(27)33-12-9-26(3,10-13-33)22(34)36-5-2/h6-8,11,14-15H,4-5,9-10,12-13H2,1-3H3,(H2,27,31,37)(H2,28,30,32,35). The summed E-state index contributed by atoms with van der Waals surface area (Å²) >= 11 is 7.04. The Kier molecular flexibility index (Phi) is 8.52. The maximum atomic E-state index is 12.3. The number of pyridine rings is 1. The van der Waals surface area contributed by atoms with Gasteiger partial charge in [0.1, 0.15) is 4.99 Å². The number of thiocarbonyl (C=S) groups is 1. The molecule has 0 spiro atoms. The zero-order valence-corrected chi connectivity index (χ0v) is 23.2. The normalized spacial score (nSPS) is 15.2. The number of nitrogens with one attached hydrogen (secondary N) is 2. The molecule has 1 saturated heterocycles. The zero-order valence-electron chi connectivity index (χ0n) is 21.6. The molecule has 3 aromatic rings. The van der Waals surface area contributed by atoms with Gasteiger partial charge in [0.05, 0.1) is 27.9 Å². The van der Waals surface area contributed by atoms with Gasteiger partial charge in [-0.15, -0.1) is 0 Å². The van der Waals surface area contributed by atoms with Crippen molar-refractivity contribution in [2.75, 3.05) is 31.6 Å². The number of ether oxygens (including phenoxy) is 1. The van der Waals surface area contributed by atoms with Crippen molar-refractivity contribution in [3.8, 4) is 11.3 Å². The smallest absolute Gasteiger partial charge is 0.321 e. The highest BCUT2D eigenvalue weighted by molar-refractivity contribution is 7.80. The molecule has 0 atom stereocenters. The lowest BCUT2D eigenvalue weighted by Gasteiger charge is -2.37. The third kappa shape index (κ3) is 6.08. The van der Waals surface area contributed by atoms with E-state index in [1.165, 1.54) is 11.3 Å². The van der Waals surface area contributed by atoms with Crippen LogP contribution in [0.25, 0.3) is 21.5 Å². The number of rotatable bonds is 6. The topological polar surface area (TPSA) is 135 Å². The van der Waals surface area contributed by atoms with Gasteiger partial charge in [0.2, 0.25) is 0 Å². The summed E-state index contributed by atoms with van der Waals surface area (Å²) in [6.07, 6.45) is 2.95. The number of benzene rings is 1. The van der Waals surface area contributed by atoms with Gasteiger partial charge in [0.25, 0.3) is 0 Å². The average molecular weight is 554 g/mol. The van der Waals surface area contributed by atoms with Crippen molar-refractivity contribution in [1.29, 1.82) is 0 Å². The van der Waals surface area contributed by atoms with Gasteiger partial charge in [-0.25, -0.2) is 14.8 Å². The number of hydrogen-bond acceptors (Lipinski definition) is 7. The van der Waals surface area contributed by atoms with Crippen LogP contribution in [0.1, 0.15) is 39.2 Å². The van der Waals surface area contributed by atoms with Crippen molar-refractivity contribution in [2.24, 2.45) is 16.1 Å². The number of nitrogens with zero attached hydrogens (tertiary/aromatic N) is 4. The van der Waals surface area contributed by atoms with Crippen LogP contribution in [0.2, 0.25) is 0 Å². The van der Waals surface area contributed by atoms with Gasteiger partial charge >= 0.3 is 12.0 Å². The first-order valence-electron chi connectivity index (χ1n) is 12.5. The van der Waals surface area contributed by atoms with Gasteiger partial charge in [-0.05, 0) is 57.9 Å². The molecule has 4 rings (SSSR count). The fraction of sp³-hybridized carbons (Fsp3) is 0.385. The molecule has 0 bridgehead atoms. The van der Waals surface area contributed by atoms with Crippen molar-refractivity contribution < 1.29 is 14.3 Å². The number of carbonyl (C=O) groups is 2. The van der Waals surface area contributed by atoms with E-state index in [0.29, 0.717) is 66.2 Å². The number of likely N-dealkylation sites (tertiary alicyclic amines) is 1. The first-order valence-corrected chi connectivity index (χ1v) is 13.7. The lowest BCUT2D eigenvalue weighted by molar-refractivity contribution is -0.156. The van der Waals surface area contributed by atoms with Crippen LogP contribution in [0, 0.1) is 5.41 Å². The Labute approximate surface area is 230 Å². The highest BCUT2D eigenvalue weighted by atomic mass is 32.1. The van der Waals surface area contributed by atoms with E-state index in [-0.39, 0.29) is 12.0 Å². The van der Waals surface area contributed by atoms with Crippen LogP contribution >= 0.6 is 23.6 Å². The van der Waals surface area contributed by atoms with Crippen molar-refractivity contribution in [3.63, 3.8) is 0 Å². The van der Waals surface area contributed by atoms with E-state index in [1.54, 1.807) is 6.20 Å². The summed E-state index contributed by atoms with van der Waals surface area (Å²) < 4.78 is 6.11. The van der Waals surface area contributed by atoms with E-state index in [1.807, 2.05) is 56.0 Å². The predicted molar refractivity (Wildman–Crippen MR) is 154 cm³/mol. The van der Waals surface area contributed by atoms with Crippen LogP contribution in [0.5, 0.6) is 0 Å². The van der Waals surface area contributed by atoms with E-state index in [0.717, 1.165) is 16.0 Å². The van der Waals surface area contributed by atoms with Crippen molar-refractivity contribution >= 4 is 61.9 Å². The minimum absolute atomic E-state index is 0.176. The fourth-order valence-corrected chi connectivity index (χ4v) is 5.38. The first-order chi connectivity index (χ1) is 18.2. The van der Waals surface area contributed by atoms with Crippen molar-refractivity contribution in [3.05, 3.63) is 42.1 Å². The second kappa shape index (κ2) is 11.8. The molecule has 4 N–H and O–H groups in total. The monoisotopic (exact) mass is 553 g/mol. The van der Waals surface area contributed by atoms with E-state index < -0.39 is 5.41 Å². The van der Waals surface area contributed by atoms with Crippen molar-refractivity contribution in [2.45, 2.75) is 33.6 Å². The molecule has 1 aliphatic heterocycles. The number of nitrogens with two attached hydrogens (primary N) is 1. The Bertz CT molecular complexity index is 1370. The number of thiazole rings is 1. The molecule has 1 fully saturated rings. The second-order valence-electron chi connectivity index (χ2n) is 9.13. The van der Waals surface area contributed by atoms with Crippen LogP contribution in [-0.2, 0) is 9.53 Å². The predicted octanol–water partition coefficient (Wildman–Crippen LogP) is 4.16. The van der Waals surface area contributed by atoms with Crippen LogP contribution in [0.15, 0.2) is 41.5 Å². The largest absolute Gasteiger partial charge is 0.466 e. The minimum Gasteiger partial charge on any atom is -0.466 e. The number of urea groups is 1. The summed E-state index contributed by atoms with van der Waals surface area (Å²) in [5.74, 6) is 0.127. The summed E-state index contributed by atoms with van der Waals surface area (Å²) in [7, 11) is 0. The van der Waals surface area contributed by atoms with E-state index in [4.69, 9.17) is 22.7 Å². The summed E-state index contributed by atoms with van der Waals surface area (Å²) in [4.78, 5) is 40.3. The van der Waals surface area contributed by atoms with Gasteiger partial charge in [0, 0.05) is 37.0 Å². The average Bonchev–Trinajstić information content (AvgIpc) is 3.31. The molecule has 0 aliphatic carbocycles. The van der Waals surface area contributed by atoms with Gasteiger partial charge in [-0.2, -0.15) is 0 Å². The SMILES string of the molecule is CCNC(=O)Nc1nc2cc(C(=S)N=C(N)N3CCC(C)(C(=O)OCC)CC3)cc(-c3ccccn3)c2s1. The molecule has 0 radical (unpaired) electrons. The Hall–Kier alpha value is -3.64. The molecule has 38 heavy (non-hydrogen) atoms. The molecule has 12 heteroatoms. The number of aliphatic imine (C=N–C) groups is 1. The lowest BCUT2D eigenvalue weighted by atomic mass is 9.80. The number of aromatic nitrogens is 2. The number of anilines is 1. The number of guanidine groups is 1. The molecule has 10 nitrogen and oxygen atoms in total. The maximum Gasteiger partial charge on any atom is 0.321 e. The quantitative estimate of drug-likeness (QED) is 0.179.